The monoisotopic (exact) mass is 469 g/mol. The lowest BCUT2D eigenvalue weighted by Gasteiger charge is -2.11. The summed E-state index contributed by atoms with van der Waals surface area (Å²) in [5, 5.41) is 18.0. The van der Waals surface area contributed by atoms with Crippen molar-refractivity contribution in [3.05, 3.63) is 85.4 Å². The molecule has 2 N–H and O–H groups in total. The quantitative estimate of drug-likeness (QED) is 0.155. The van der Waals surface area contributed by atoms with Crippen molar-refractivity contribution in [1.82, 2.24) is 4.98 Å². The number of pyridine rings is 1. The highest BCUT2D eigenvalue weighted by molar-refractivity contribution is 6.32. The fraction of sp³-hybridized carbons (Fsp3) is 0.120. The van der Waals surface area contributed by atoms with Crippen LogP contribution < -0.4 is 16.4 Å². The maximum absolute atomic E-state index is 13.1. The van der Waals surface area contributed by atoms with E-state index < -0.39 is 10.5 Å². The predicted molar refractivity (Wildman–Crippen MR) is 133 cm³/mol. The number of hydrazone groups is 1. The van der Waals surface area contributed by atoms with E-state index in [4.69, 9.17) is 10.2 Å². The average Bonchev–Trinajstić information content (AvgIpc) is 3.10. The standard InChI is InChI=1S/C25H19N5O5/c1-12-13(2)27-23(26)22-21(12)19-11-15(4-9-20(19)35-25(22)32)10-18-14(3)28-29(24(18)31)16-5-7-17(8-6-16)30(33)34/h4-11H,1-3H3,(H2,26,27)/b18-10-. The van der Waals surface area contributed by atoms with Gasteiger partial charge in [0.25, 0.3) is 11.6 Å². The van der Waals surface area contributed by atoms with E-state index in [1.54, 1.807) is 25.1 Å². The van der Waals surface area contributed by atoms with Crippen molar-refractivity contribution in [2.45, 2.75) is 20.8 Å². The van der Waals surface area contributed by atoms with Crippen molar-refractivity contribution < 1.29 is 14.1 Å². The summed E-state index contributed by atoms with van der Waals surface area (Å²) in [4.78, 5) is 40.3. The molecule has 1 aliphatic heterocycles. The number of carbonyl (C=O) groups is 1. The zero-order valence-electron chi connectivity index (χ0n) is 19.0. The summed E-state index contributed by atoms with van der Waals surface area (Å²) < 4.78 is 5.48. The van der Waals surface area contributed by atoms with E-state index >= 15 is 0 Å². The first-order valence-corrected chi connectivity index (χ1v) is 10.6. The maximum atomic E-state index is 13.1. The van der Waals surface area contributed by atoms with Crippen LogP contribution in [-0.2, 0) is 4.79 Å². The summed E-state index contributed by atoms with van der Waals surface area (Å²) in [5.41, 5.74) is 9.31. The molecule has 0 radical (unpaired) electrons. The van der Waals surface area contributed by atoms with E-state index in [0.717, 1.165) is 5.56 Å². The van der Waals surface area contributed by atoms with Crippen molar-refractivity contribution in [1.29, 1.82) is 0 Å². The van der Waals surface area contributed by atoms with Gasteiger partial charge in [-0.25, -0.2) is 9.78 Å². The van der Waals surface area contributed by atoms with Crippen molar-refractivity contribution in [2.24, 2.45) is 5.10 Å². The molecule has 1 aliphatic rings. The Morgan fingerprint density at radius 3 is 2.46 bits per heavy atom. The SMILES string of the molecule is CC1=NN(c2ccc([N+](=O)[O-])cc2)C(=O)/C1=C\c1ccc2oc(=O)c3c(N)nc(C)c(C)c3c2c1. The molecule has 10 heteroatoms. The lowest BCUT2D eigenvalue weighted by Crippen LogP contribution is -2.21. The molecule has 2 aromatic heterocycles. The van der Waals surface area contributed by atoms with Gasteiger partial charge >= 0.3 is 5.63 Å². The van der Waals surface area contributed by atoms with Crippen LogP contribution in [0.4, 0.5) is 17.2 Å². The lowest BCUT2D eigenvalue weighted by atomic mass is 9.99. The van der Waals surface area contributed by atoms with E-state index in [2.05, 4.69) is 10.1 Å². The number of nitro groups is 1. The van der Waals surface area contributed by atoms with Gasteiger partial charge in [-0.15, -0.1) is 0 Å². The van der Waals surface area contributed by atoms with Gasteiger partial charge in [-0.05, 0) is 62.2 Å². The van der Waals surface area contributed by atoms with Gasteiger partial charge in [0.15, 0.2) is 0 Å². The Kier molecular flexibility index (Phi) is 4.94. The maximum Gasteiger partial charge on any atom is 0.347 e. The van der Waals surface area contributed by atoms with Gasteiger partial charge in [-0.1, -0.05) is 6.07 Å². The Morgan fingerprint density at radius 2 is 1.77 bits per heavy atom. The number of aryl methyl sites for hydroxylation is 2. The number of hydrogen-bond donors (Lipinski definition) is 1. The Hall–Kier alpha value is -4.86. The van der Waals surface area contributed by atoms with Crippen molar-refractivity contribution in [3.63, 3.8) is 0 Å². The molecule has 2 aromatic carbocycles. The molecule has 10 nitrogen and oxygen atoms in total. The number of rotatable bonds is 3. The number of benzene rings is 2. The molecular weight excluding hydrogens is 450 g/mol. The molecule has 0 unspecified atom stereocenters. The Bertz CT molecular complexity index is 1700. The number of amides is 1. The Balaban J connectivity index is 1.61. The third-order valence-corrected chi connectivity index (χ3v) is 6.07. The van der Waals surface area contributed by atoms with Gasteiger partial charge in [-0.2, -0.15) is 10.1 Å². The molecule has 174 valence electrons. The highest BCUT2D eigenvalue weighted by atomic mass is 16.6. The molecule has 0 bridgehead atoms. The third-order valence-electron chi connectivity index (χ3n) is 6.07. The normalized spacial score (nSPS) is 14.8. The predicted octanol–water partition coefficient (Wildman–Crippen LogP) is 4.25. The molecule has 4 aromatic rings. The molecule has 0 fully saturated rings. The fourth-order valence-electron chi connectivity index (χ4n) is 4.17. The van der Waals surface area contributed by atoms with Crippen molar-refractivity contribution in [2.75, 3.05) is 10.7 Å². The molecule has 3 heterocycles. The smallest absolute Gasteiger partial charge is 0.347 e. The number of non-ortho nitro benzene ring substituents is 1. The summed E-state index contributed by atoms with van der Waals surface area (Å²) >= 11 is 0. The second-order valence-corrected chi connectivity index (χ2v) is 8.24. The number of nitrogen functional groups attached to an aromatic ring is 1. The van der Waals surface area contributed by atoms with Crippen molar-refractivity contribution in [3.8, 4) is 0 Å². The van der Waals surface area contributed by atoms with Crippen LogP contribution in [0.1, 0.15) is 23.7 Å². The van der Waals surface area contributed by atoms with Crippen molar-refractivity contribution >= 4 is 56.6 Å². The first kappa shape index (κ1) is 22.0. The van der Waals surface area contributed by atoms with Crippen LogP contribution in [0.25, 0.3) is 27.8 Å². The number of anilines is 2. The summed E-state index contributed by atoms with van der Waals surface area (Å²) in [7, 11) is 0. The summed E-state index contributed by atoms with van der Waals surface area (Å²) in [5.74, 6) is -0.253. The molecule has 0 saturated heterocycles. The van der Waals surface area contributed by atoms with Gasteiger partial charge in [0.2, 0.25) is 0 Å². The van der Waals surface area contributed by atoms with Gasteiger partial charge in [0.1, 0.15) is 16.8 Å². The number of nitrogens with zero attached hydrogens (tertiary/aromatic N) is 4. The summed E-state index contributed by atoms with van der Waals surface area (Å²) in [6.45, 7) is 5.40. The average molecular weight is 469 g/mol. The summed E-state index contributed by atoms with van der Waals surface area (Å²) in [6.07, 6.45) is 1.70. The number of nitro benzene ring substituents is 1. The molecule has 0 spiro atoms. The largest absolute Gasteiger partial charge is 0.422 e. The van der Waals surface area contributed by atoms with Gasteiger partial charge < -0.3 is 10.2 Å². The molecule has 1 amide bonds. The van der Waals surface area contributed by atoms with Crippen LogP contribution in [0.3, 0.4) is 0 Å². The number of carbonyl (C=O) groups excluding carboxylic acids is 1. The van der Waals surface area contributed by atoms with Gasteiger partial charge in [-0.3, -0.25) is 14.9 Å². The molecule has 0 atom stereocenters. The van der Waals surface area contributed by atoms with Crippen LogP contribution in [0.2, 0.25) is 0 Å². The van der Waals surface area contributed by atoms with Crippen LogP contribution in [0, 0.1) is 24.0 Å². The second-order valence-electron chi connectivity index (χ2n) is 8.24. The number of aromatic nitrogens is 1. The number of hydrogen-bond acceptors (Lipinski definition) is 8. The fourth-order valence-corrected chi connectivity index (χ4v) is 4.17. The zero-order valence-corrected chi connectivity index (χ0v) is 19.0. The van der Waals surface area contributed by atoms with Crippen LogP contribution in [0.5, 0.6) is 0 Å². The van der Waals surface area contributed by atoms with Gasteiger partial charge in [0, 0.05) is 28.6 Å². The van der Waals surface area contributed by atoms with Crippen LogP contribution in [-0.4, -0.2) is 21.5 Å². The zero-order chi connectivity index (χ0) is 25.0. The van der Waals surface area contributed by atoms with Crippen LogP contribution in [0.15, 0.2) is 62.4 Å². The van der Waals surface area contributed by atoms with E-state index in [0.29, 0.717) is 44.6 Å². The van der Waals surface area contributed by atoms with E-state index in [1.165, 1.54) is 29.3 Å². The minimum atomic E-state index is -0.556. The minimum absolute atomic E-state index is 0.0757. The molecule has 35 heavy (non-hydrogen) atoms. The Labute approximate surface area is 198 Å². The number of nitrogens with two attached hydrogens (primary N) is 1. The molecule has 5 rings (SSSR count). The highest BCUT2D eigenvalue weighted by Crippen LogP contribution is 2.32. The first-order chi connectivity index (χ1) is 16.7. The van der Waals surface area contributed by atoms with E-state index in [1.807, 2.05) is 19.9 Å². The third kappa shape index (κ3) is 3.52. The van der Waals surface area contributed by atoms with E-state index in [-0.39, 0.29) is 22.8 Å². The molecular formula is C25H19N5O5. The first-order valence-electron chi connectivity index (χ1n) is 10.6. The highest BCUT2D eigenvalue weighted by Gasteiger charge is 2.29. The summed E-state index contributed by atoms with van der Waals surface area (Å²) in [6, 6.07) is 10.8. The van der Waals surface area contributed by atoms with E-state index in [9.17, 15) is 19.7 Å². The lowest BCUT2D eigenvalue weighted by molar-refractivity contribution is -0.384. The second kappa shape index (κ2) is 7.87. The number of fused-ring (bicyclic) bond motifs is 3. The van der Waals surface area contributed by atoms with Gasteiger partial charge in [0.05, 0.1) is 21.9 Å². The van der Waals surface area contributed by atoms with Crippen LogP contribution >= 0.6 is 0 Å². The topological polar surface area (TPSA) is 145 Å². The minimum Gasteiger partial charge on any atom is -0.422 e. The Morgan fingerprint density at radius 1 is 1.06 bits per heavy atom. The molecule has 0 aliphatic carbocycles. The molecule has 0 saturated carbocycles.